The molecule has 2 aliphatic rings. The molecule has 8 heteroatoms. The number of hydrogen-bond acceptors (Lipinski definition) is 6. The summed E-state index contributed by atoms with van der Waals surface area (Å²) in [6.07, 6.45) is 4.74. The van der Waals surface area contributed by atoms with E-state index in [1.807, 2.05) is 6.07 Å². The van der Waals surface area contributed by atoms with Crippen LogP contribution < -0.4 is 10.2 Å². The van der Waals surface area contributed by atoms with Crippen LogP contribution in [0.5, 0.6) is 0 Å². The molecule has 1 saturated carbocycles. The third-order valence-corrected chi connectivity index (χ3v) is 6.68. The summed E-state index contributed by atoms with van der Waals surface area (Å²) >= 11 is 1.58. The zero-order valence-electron chi connectivity index (χ0n) is 15.2. The van der Waals surface area contributed by atoms with Crippen LogP contribution in [0.4, 0.5) is 22.0 Å². The Labute approximate surface area is 164 Å². The van der Waals surface area contributed by atoms with Gasteiger partial charge in [0.25, 0.3) is 0 Å². The van der Waals surface area contributed by atoms with E-state index in [-0.39, 0.29) is 5.82 Å². The number of aromatic amines is 1. The van der Waals surface area contributed by atoms with E-state index in [0.29, 0.717) is 11.9 Å². The molecule has 0 radical (unpaired) electrons. The monoisotopic (exact) mass is 394 g/mol. The second kappa shape index (κ2) is 6.13. The van der Waals surface area contributed by atoms with Crippen molar-refractivity contribution >= 4 is 49.2 Å². The molecule has 0 amide bonds. The fourth-order valence-electron chi connectivity index (χ4n) is 3.87. The average molecular weight is 394 g/mol. The first-order valence-electron chi connectivity index (χ1n) is 9.72. The van der Waals surface area contributed by atoms with Crippen molar-refractivity contribution < 1.29 is 4.39 Å². The first kappa shape index (κ1) is 16.2. The highest BCUT2D eigenvalue weighted by molar-refractivity contribution is 7.26. The van der Waals surface area contributed by atoms with Crippen LogP contribution in [0.1, 0.15) is 37.3 Å². The minimum Gasteiger partial charge on any atom is -0.341 e. The van der Waals surface area contributed by atoms with Crippen LogP contribution in [0.3, 0.4) is 0 Å². The molecule has 1 aliphatic carbocycles. The van der Waals surface area contributed by atoms with Gasteiger partial charge in [-0.05, 0) is 43.9 Å². The summed E-state index contributed by atoms with van der Waals surface area (Å²) in [6.45, 7) is 1.91. The van der Waals surface area contributed by atoms with Gasteiger partial charge in [-0.3, -0.25) is 5.10 Å². The molecule has 1 aromatic carbocycles. The molecule has 1 aliphatic heterocycles. The Morgan fingerprint density at radius 1 is 1.14 bits per heavy atom. The van der Waals surface area contributed by atoms with Crippen LogP contribution in [-0.4, -0.2) is 33.3 Å². The second-order valence-electron chi connectivity index (χ2n) is 7.59. The number of benzene rings is 1. The lowest BCUT2D eigenvalue weighted by atomic mass is 10.2. The highest BCUT2D eigenvalue weighted by atomic mass is 32.1. The number of anilines is 3. The zero-order chi connectivity index (χ0) is 18.7. The van der Waals surface area contributed by atoms with E-state index >= 15 is 0 Å². The molecule has 0 bridgehead atoms. The number of nitrogens with one attached hydrogen (secondary N) is 2. The van der Waals surface area contributed by atoms with Crippen molar-refractivity contribution in [3.05, 3.63) is 35.8 Å². The maximum absolute atomic E-state index is 13.9. The van der Waals surface area contributed by atoms with Gasteiger partial charge < -0.3 is 10.2 Å². The number of thiophene rings is 1. The molecule has 6 rings (SSSR count). The van der Waals surface area contributed by atoms with Gasteiger partial charge in [-0.1, -0.05) is 0 Å². The van der Waals surface area contributed by atoms with Gasteiger partial charge in [0.05, 0.1) is 10.2 Å². The van der Waals surface area contributed by atoms with Crippen LogP contribution in [0.25, 0.3) is 20.3 Å². The molecule has 0 unspecified atom stereocenters. The highest BCUT2D eigenvalue weighted by Crippen LogP contribution is 2.41. The van der Waals surface area contributed by atoms with Gasteiger partial charge in [0.1, 0.15) is 5.82 Å². The maximum atomic E-state index is 13.9. The van der Waals surface area contributed by atoms with E-state index in [0.717, 1.165) is 57.9 Å². The number of nitrogens with zero attached hydrogens (tertiary/aromatic N) is 4. The Kier molecular flexibility index (Phi) is 3.56. The topological polar surface area (TPSA) is 69.7 Å². The van der Waals surface area contributed by atoms with Gasteiger partial charge in [0.15, 0.2) is 11.6 Å². The van der Waals surface area contributed by atoms with Crippen molar-refractivity contribution in [2.24, 2.45) is 0 Å². The van der Waals surface area contributed by atoms with Crippen molar-refractivity contribution in [3.63, 3.8) is 0 Å². The number of halogens is 1. The van der Waals surface area contributed by atoms with E-state index < -0.39 is 0 Å². The summed E-state index contributed by atoms with van der Waals surface area (Å²) in [5.74, 6) is 2.57. The molecule has 28 heavy (non-hydrogen) atoms. The van der Waals surface area contributed by atoms with Gasteiger partial charge in [0.2, 0.25) is 5.95 Å². The maximum Gasteiger partial charge on any atom is 0.227 e. The number of H-pyrrole nitrogens is 1. The Balaban J connectivity index is 1.50. The Morgan fingerprint density at radius 2 is 2.00 bits per heavy atom. The van der Waals surface area contributed by atoms with Gasteiger partial charge in [-0.25, -0.2) is 9.37 Å². The first-order chi connectivity index (χ1) is 13.7. The fourth-order valence-corrected chi connectivity index (χ4v) is 4.94. The molecule has 2 fully saturated rings. The van der Waals surface area contributed by atoms with E-state index in [9.17, 15) is 4.39 Å². The number of hydrogen-bond donors (Lipinski definition) is 2. The minimum absolute atomic E-state index is 0.246. The third-order valence-electron chi connectivity index (χ3n) is 5.51. The number of rotatable bonds is 4. The smallest absolute Gasteiger partial charge is 0.227 e. The van der Waals surface area contributed by atoms with E-state index in [1.165, 1.54) is 24.6 Å². The molecule has 6 nitrogen and oxygen atoms in total. The molecule has 0 spiro atoms. The standard InChI is InChI=1S/C20H19FN6S/c21-12-5-6-15-13(9-12)17-18(28-15)19(24-20(23-17)27-7-1-2-8-27)22-16-10-14(25-26-16)11-3-4-11/h5-6,9-11H,1-4,7-8H2,(H2,22,23,24,25,26). The van der Waals surface area contributed by atoms with Crippen LogP contribution in [-0.2, 0) is 0 Å². The van der Waals surface area contributed by atoms with Gasteiger partial charge in [-0.2, -0.15) is 10.1 Å². The largest absolute Gasteiger partial charge is 0.341 e. The third kappa shape index (κ3) is 2.71. The predicted octanol–water partition coefficient (Wildman–Crippen LogP) is 4.93. The summed E-state index contributed by atoms with van der Waals surface area (Å²) < 4.78 is 15.8. The number of fused-ring (bicyclic) bond motifs is 3. The molecular weight excluding hydrogens is 375 g/mol. The average Bonchev–Trinajstić information content (AvgIpc) is 3.10. The van der Waals surface area contributed by atoms with Gasteiger partial charge >= 0.3 is 0 Å². The quantitative estimate of drug-likeness (QED) is 0.514. The summed E-state index contributed by atoms with van der Waals surface area (Å²) in [4.78, 5) is 11.9. The summed E-state index contributed by atoms with van der Waals surface area (Å²) in [6, 6.07) is 6.94. The summed E-state index contributed by atoms with van der Waals surface area (Å²) in [7, 11) is 0. The van der Waals surface area contributed by atoms with Crippen molar-refractivity contribution in [1.29, 1.82) is 0 Å². The molecule has 142 valence electrons. The van der Waals surface area contributed by atoms with E-state index in [4.69, 9.17) is 9.97 Å². The van der Waals surface area contributed by atoms with Crippen molar-refractivity contribution in [1.82, 2.24) is 20.2 Å². The SMILES string of the molecule is Fc1ccc2sc3c(Nc4cc(C5CC5)[nH]n4)nc(N4CCCC4)nc3c2c1. The highest BCUT2D eigenvalue weighted by Gasteiger charge is 2.26. The first-order valence-corrected chi connectivity index (χ1v) is 10.5. The summed E-state index contributed by atoms with van der Waals surface area (Å²) in [5, 5.41) is 11.8. The fraction of sp³-hybridized carbons (Fsp3) is 0.350. The molecular formula is C20H19FN6S. The predicted molar refractivity (Wildman–Crippen MR) is 110 cm³/mol. The number of aromatic nitrogens is 4. The molecule has 2 N–H and O–H groups in total. The molecule has 1 saturated heterocycles. The Morgan fingerprint density at radius 3 is 2.82 bits per heavy atom. The lowest BCUT2D eigenvalue weighted by Crippen LogP contribution is -2.20. The lowest BCUT2D eigenvalue weighted by molar-refractivity contribution is 0.630. The minimum atomic E-state index is -0.246. The normalized spacial score (nSPS) is 17.1. The van der Waals surface area contributed by atoms with E-state index in [2.05, 4.69) is 26.5 Å². The lowest BCUT2D eigenvalue weighted by Gasteiger charge is -2.16. The molecule has 4 heterocycles. The zero-order valence-corrected chi connectivity index (χ0v) is 16.0. The van der Waals surface area contributed by atoms with Crippen LogP contribution >= 0.6 is 11.3 Å². The second-order valence-corrected chi connectivity index (χ2v) is 8.65. The van der Waals surface area contributed by atoms with Crippen molar-refractivity contribution in [3.8, 4) is 0 Å². The molecule has 4 aromatic rings. The van der Waals surface area contributed by atoms with Gasteiger partial charge in [0, 0.05) is 40.9 Å². The van der Waals surface area contributed by atoms with Crippen LogP contribution in [0, 0.1) is 5.82 Å². The van der Waals surface area contributed by atoms with Gasteiger partial charge in [-0.15, -0.1) is 11.3 Å². The van der Waals surface area contributed by atoms with Crippen molar-refractivity contribution in [2.75, 3.05) is 23.3 Å². The Bertz CT molecular complexity index is 1190. The van der Waals surface area contributed by atoms with Crippen molar-refractivity contribution in [2.45, 2.75) is 31.6 Å². The van der Waals surface area contributed by atoms with Crippen LogP contribution in [0.2, 0.25) is 0 Å². The molecule has 0 atom stereocenters. The molecule has 3 aromatic heterocycles. The van der Waals surface area contributed by atoms with Crippen LogP contribution in [0.15, 0.2) is 24.3 Å². The van der Waals surface area contributed by atoms with E-state index in [1.54, 1.807) is 17.4 Å². The Hall–Kier alpha value is -2.74. The summed E-state index contributed by atoms with van der Waals surface area (Å²) in [5.41, 5.74) is 1.97.